The summed E-state index contributed by atoms with van der Waals surface area (Å²) >= 11 is 0. The number of rotatable bonds is 18. The maximum absolute atomic E-state index is 13.2. The van der Waals surface area contributed by atoms with Crippen LogP contribution in [0.2, 0.25) is 5.31 Å². The van der Waals surface area contributed by atoms with Crippen molar-refractivity contribution in [2.45, 2.75) is 137 Å². The normalized spacial score (nSPS) is 13.6. The van der Waals surface area contributed by atoms with Crippen LogP contribution in [0.15, 0.2) is 18.1 Å². The molecule has 0 N–H and O–H groups in total. The molecule has 0 bridgehead atoms. The summed E-state index contributed by atoms with van der Waals surface area (Å²) in [5, 5.41) is 0.176. The molecule has 1 unspecified atom stereocenters. The molecule has 1 rings (SSSR count). The number of unbranched alkanes of at least 4 members (excludes halogenated alkanes) is 6. The van der Waals surface area contributed by atoms with E-state index in [1.165, 1.54) is 88.1 Å². The average molecular weight is 424 g/mol. The molecule has 1 heterocycles. The summed E-state index contributed by atoms with van der Waals surface area (Å²) in [6, 6.07) is 4.30. The van der Waals surface area contributed by atoms with Crippen LogP contribution in [0.25, 0.3) is 0 Å². The van der Waals surface area contributed by atoms with Gasteiger partial charge in [-0.2, -0.15) is 0 Å². The summed E-state index contributed by atoms with van der Waals surface area (Å²) < 4.78 is 0. The molecule has 0 aliphatic carbocycles. The Balaban J connectivity index is 2.80. The van der Waals surface area contributed by atoms with Gasteiger partial charge in [-0.3, -0.25) is 0 Å². The van der Waals surface area contributed by atoms with Gasteiger partial charge in [0.05, 0.1) is 0 Å². The predicted molar refractivity (Wildman–Crippen MR) is 142 cm³/mol. The van der Waals surface area contributed by atoms with Crippen molar-refractivity contribution < 1.29 is 4.79 Å². The standard InChI is InChI=1S/C28H50B2O/c1-7-10-13-15-20-28(6,19-14-11-8-2)30-26(31)22-24-17-16-21-29-25(24)23-27(4,5)18-12-9-3/h16-17,21,30H,7-15,18-20,22-23H2,1-6H3. The third-order valence-corrected chi connectivity index (χ3v) is 7.02. The van der Waals surface area contributed by atoms with Crippen LogP contribution in [-0.4, -0.2) is 19.9 Å². The predicted octanol–water partition coefficient (Wildman–Crippen LogP) is 8.02. The fourth-order valence-electron chi connectivity index (χ4n) is 4.99. The Morgan fingerprint density at radius 1 is 0.871 bits per heavy atom. The quantitative estimate of drug-likeness (QED) is 0.172. The molecule has 1 aromatic heterocycles. The van der Waals surface area contributed by atoms with Crippen molar-refractivity contribution in [1.29, 1.82) is 0 Å². The third-order valence-electron chi connectivity index (χ3n) is 7.02. The van der Waals surface area contributed by atoms with Crippen LogP contribution in [0.5, 0.6) is 0 Å². The fraction of sp³-hybridized carbons (Fsp3) is 0.786. The van der Waals surface area contributed by atoms with Gasteiger partial charge < -0.3 is 0 Å². The van der Waals surface area contributed by atoms with Crippen LogP contribution in [0.1, 0.15) is 130 Å². The maximum atomic E-state index is 13.2. The van der Waals surface area contributed by atoms with E-state index in [0.717, 1.165) is 13.7 Å². The van der Waals surface area contributed by atoms with Crippen LogP contribution in [0.3, 0.4) is 0 Å². The summed E-state index contributed by atoms with van der Waals surface area (Å²) in [6.45, 7) is 16.2. The van der Waals surface area contributed by atoms with E-state index >= 15 is 0 Å². The second-order valence-corrected chi connectivity index (χ2v) is 11.2. The Morgan fingerprint density at radius 2 is 1.48 bits per heavy atom. The number of hydrogen-bond acceptors (Lipinski definition) is 1. The van der Waals surface area contributed by atoms with E-state index < -0.39 is 0 Å². The minimum atomic E-state index is 0.176. The fourth-order valence-corrected chi connectivity index (χ4v) is 4.99. The Bertz CT molecular complexity index is 625. The van der Waals surface area contributed by atoms with Gasteiger partial charge in [0.25, 0.3) is 0 Å². The van der Waals surface area contributed by atoms with Crippen molar-refractivity contribution in [3.8, 4) is 0 Å². The third kappa shape index (κ3) is 12.1. The van der Waals surface area contributed by atoms with Gasteiger partial charge in [-0.1, -0.05) is 0 Å². The topological polar surface area (TPSA) is 17.1 Å². The molecule has 0 aliphatic heterocycles. The van der Waals surface area contributed by atoms with Gasteiger partial charge in [-0.05, 0) is 0 Å². The Kier molecular flexibility index (Phi) is 13.7. The zero-order valence-corrected chi connectivity index (χ0v) is 21.8. The Labute approximate surface area is 196 Å². The summed E-state index contributed by atoms with van der Waals surface area (Å²) in [6.07, 6.45) is 16.8. The molecule has 1 nitrogen and oxygen atoms in total. The van der Waals surface area contributed by atoms with Crippen LogP contribution >= 0.6 is 0 Å². The molecule has 0 spiro atoms. The van der Waals surface area contributed by atoms with Gasteiger partial charge in [-0.25, -0.2) is 0 Å². The summed E-state index contributed by atoms with van der Waals surface area (Å²) in [7, 11) is 0.746. The molecule has 3 heteroatoms. The average Bonchev–Trinajstić information content (AvgIpc) is 2.71. The Morgan fingerprint density at radius 3 is 2.13 bits per heavy atom. The van der Waals surface area contributed by atoms with Crippen LogP contribution in [-0.2, 0) is 17.6 Å². The van der Waals surface area contributed by atoms with Crippen molar-refractivity contribution in [3.05, 3.63) is 29.1 Å². The van der Waals surface area contributed by atoms with Crippen molar-refractivity contribution in [1.82, 2.24) is 0 Å². The van der Waals surface area contributed by atoms with E-state index in [1.807, 2.05) is 0 Å². The number of hydrogen-bond donors (Lipinski definition) is 0. The van der Waals surface area contributed by atoms with Gasteiger partial charge in [0.1, 0.15) is 0 Å². The molecule has 0 aliphatic rings. The van der Waals surface area contributed by atoms with Crippen molar-refractivity contribution in [2.75, 3.05) is 0 Å². The number of carbonyl (C=O) groups is 1. The molecule has 31 heavy (non-hydrogen) atoms. The van der Waals surface area contributed by atoms with Crippen molar-refractivity contribution in [2.24, 2.45) is 5.41 Å². The minimum absolute atomic E-state index is 0.176. The van der Waals surface area contributed by atoms with Gasteiger partial charge >= 0.3 is 196 Å². The Hall–Kier alpha value is -0.850. The van der Waals surface area contributed by atoms with Gasteiger partial charge in [0, 0.05) is 0 Å². The molecule has 174 valence electrons. The van der Waals surface area contributed by atoms with E-state index in [4.69, 9.17) is 0 Å². The first-order valence-corrected chi connectivity index (χ1v) is 13.3. The van der Waals surface area contributed by atoms with Crippen LogP contribution in [0.4, 0.5) is 0 Å². The monoisotopic (exact) mass is 424 g/mol. The van der Waals surface area contributed by atoms with Gasteiger partial charge in [0.2, 0.25) is 0 Å². The zero-order valence-electron chi connectivity index (χ0n) is 21.8. The van der Waals surface area contributed by atoms with Gasteiger partial charge in [-0.15, -0.1) is 0 Å². The molecule has 0 radical (unpaired) electrons. The second-order valence-electron chi connectivity index (χ2n) is 11.2. The summed E-state index contributed by atoms with van der Waals surface area (Å²) in [4.78, 5) is 13.2. The molecule has 0 aromatic carbocycles. The molecular formula is C28H50B2O. The first kappa shape index (κ1) is 28.2. The second kappa shape index (κ2) is 15.1. The molecular weight excluding hydrogens is 374 g/mol. The van der Waals surface area contributed by atoms with E-state index in [1.54, 1.807) is 0 Å². The first-order chi connectivity index (χ1) is 14.7. The SMILES string of the molecule is CCCCCCC(C)(BC(=O)Cc1cccbc1CC(C)(C)CCCC)CCCCC. The molecule has 1 aromatic rings. The van der Waals surface area contributed by atoms with Crippen molar-refractivity contribution >= 4 is 19.9 Å². The summed E-state index contributed by atoms with van der Waals surface area (Å²) in [5.41, 5.74) is 3.38. The van der Waals surface area contributed by atoms with Gasteiger partial charge in [0.15, 0.2) is 0 Å². The van der Waals surface area contributed by atoms with Crippen LogP contribution < -0.4 is 0 Å². The molecule has 0 amide bonds. The van der Waals surface area contributed by atoms with Crippen LogP contribution in [0, 0.1) is 5.41 Å². The summed E-state index contributed by atoms with van der Waals surface area (Å²) in [5.74, 6) is 2.14. The van der Waals surface area contributed by atoms with E-state index in [9.17, 15) is 4.79 Å². The van der Waals surface area contributed by atoms with E-state index in [2.05, 4.69) is 66.5 Å². The molecule has 1 atom stereocenters. The molecule has 0 fully saturated rings. The van der Waals surface area contributed by atoms with E-state index in [0.29, 0.717) is 17.5 Å². The molecule has 0 saturated carbocycles. The molecule has 0 saturated heterocycles. The number of carbonyl (C=O) groups excluding carboxylic acids is 1. The first-order valence-electron chi connectivity index (χ1n) is 13.3. The van der Waals surface area contributed by atoms with Crippen molar-refractivity contribution in [3.63, 3.8) is 0 Å². The zero-order chi connectivity index (χ0) is 23.2. The van der Waals surface area contributed by atoms with E-state index in [-0.39, 0.29) is 5.31 Å².